The number of esters is 1. The van der Waals surface area contributed by atoms with Gasteiger partial charge >= 0.3 is 5.97 Å². The van der Waals surface area contributed by atoms with Crippen LogP contribution >= 0.6 is 11.6 Å². The van der Waals surface area contributed by atoms with Gasteiger partial charge in [-0.25, -0.2) is 0 Å². The van der Waals surface area contributed by atoms with E-state index in [9.17, 15) is 4.79 Å². The number of benzene rings is 2. The Morgan fingerprint density at radius 3 is 2.38 bits per heavy atom. The molecule has 2 heterocycles. The normalized spacial score (nSPS) is 19.6. The number of likely N-dealkylation sites (tertiary alicyclic amines) is 2. The highest BCUT2D eigenvalue weighted by Gasteiger charge is 2.32. The second-order valence-electron chi connectivity index (χ2n) is 9.74. The van der Waals surface area contributed by atoms with Gasteiger partial charge in [-0.1, -0.05) is 41.9 Å². The molecule has 0 radical (unpaired) electrons. The zero-order valence-electron chi connectivity index (χ0n) is 20.4. The lowest BCUT2D eigenvalue weighted by Gasteiger charge is -2.39. The van der Waals surface area contributed by atoms with Gasteiger partial charge in [-0.3, -0.25) is 9.69 Å². The average Bonchev–Trinajstić information content (AvgIpc) is 2.86. The Hall–Kier alpha value is -2.08. The molecule has 2 aromatic carbocycles. The zero-order chi connectivity index (χ0) is 23.9. The second-order valence-corrected chi connectivity index (χ2v) is 10.2. The molecule has 4 rings (SSSR count). The van der Waals surface area contributed by atoms with Crippen LogP contribution < -0.4 is 4.74 Å². The van der Waals surface area contributed by atoms with Gasteiger partial charge in [-0.2, -0.15) is 0 Å². The summed E-state index contributed by atoms with van der Waals surface area (Å²) in [5.41, 5.74) is 2.28. The van der Waals surface area contributed by atoms with E-state index in [-0.39, 0.29) is 18.1 Å². The van der Waals surface area contributed by atoms with Crippen molar-refractivity contribution < 1.29 is 14.3 Å². The van der Waals surface area contributed by atoms with E-state index >= 15 is 0 Å². The van der Waals surface area contributed by atoms with Gasteiger partial charge in [-0.05, 0) is 87.4 Å². The highest BCUT2D eigenvalue weighted by Crippen LogP contribution is 2.27. The number of aryl methyl sites for hydroxylation is 1. The topological polar surface area (TPSA) is 42.0 Å². The van der Waals surface area contributed by atoms with Gasteiger partial charge in [0.2, 0.25) is 0 Å². The Balaban J connectivity index is 1.22. The quantitative estimate of drug-likeness (QED) is 0.494. The molecule has 0 unspecified atom stereocenters. The van der Waals surface area contributed by atoms with E-state index in [2.05, 4.69) is 21.9 Å². The zero-order valence-corrected chi connectivity index (χ0v) is 21.2. The van der Waals surface area contributed by atoms with E-state index in [1.54, 1.807) is 0 Å². The molecule has 1 atom stereocenters. The minimum atomic E-state index is -0.197. The molecular formula is C28H37ClN2O3. The number of hydrogen-bond donors (Lipinski definition) is 0. The Bertz CT molecular complexity index is 923. The summed E-state index contributed by atoms with van der Waals surface area (Å²) in [7, 11) is 1.49. The molecule has 0 saturated carbocycles. The molecule has 184 valence electrons. The van der Waals surface area contributed by atoms with Crippen molar-refractivity contribution in [2.75, 3.05) is 39.8 Å². The molecule has 0 N–H and O–H groups in total. The van der Waals surface area contributed by atoms with Crippen molar-refractivity contribution in [1.29, 1.82) is 0 Å². The Morgan fingerprint density at radius 1 is 1.03 bits per heavy atom. The van der Waals surface area contributed by atoms with Crippen LogP contribution in [0.2, 0.25) is 5.02 Å². The predicted molar refractivity (Wildman–Crippen MR) is 137 cm³/mol. The molecular weight excluding hydrogens is 448 g/mol. The first-order valence-corrected chi connectivity index (χ1v) is 12.9. The fourth-order valence-corrected chi connectivity index (χ4v) is 5.51. The minimum absolute atomic E-state index is 0.125. The summed E-state index contributed by atoms with van der Waals surface area (Å²) in [5.74, 6) is 1.51. The maximum atomic E-state index is 12.5. The largest absolute Gasteiger partial charge is 0.490 e. The van der Waals surface area contributed by atoms with Gasteiger partial charge in [-0.15, -0.1) is 0 Å². The fourth-order valence-electron chi connectivity index (χ4n) is 5.28. The molecule has 34 heavy (non-hydrogen) atoms. The van der Waals surface area contributed by atoms with Crippen LogP contribution in [0, 0.1) is 12.8 Å². The first kappa shape index (κ1) is 25.0. The maximum Gasteiger partial charge on any atom is 0.323 e. The number of hydrogen-bond acceptors (Lipinski definition) is 5. The fraction of sp³-hybridized carbons (Fsp3) is 0.536. The lowest BCUT2D eigenvalue weighted by molar-refractivity contribution is -0.147. The summed E-state index contributed by atoms with van der Waals surface area (Å²) in [4.78, 5) is 17.4. The summed E-state index contributed by atoms with van der Waals surface area (Å²) in [6.07, 6.45) is 5.35. The van der Waals surface area contributed by atoms with Gasteiger partial charge < -0.3 is 14.4 Å². The molecule has 0 spiro atoms. The summed E-state index contributed by atoms with van der Waals surface area (Å²) in [6, 6.07) is 15.9. The van der Waals surface area contributed by atoms with Crippen molar-refractivity contribution >= 4 is 17.6 Å². The standard InChI is InChI=1S/C28H37ClN2O3/c1-21-18-24(29)8-9-27(21)34-25-12-14-30(15-13-25)20-23-10-16-31(17-11-23)26(28(32)33-2)19-22-6-4-3-5-7-22/h3-9,18,23,25-26H,10-17,19-20H2,1-2H3/t26-/m0/s1. The van der Waals surface area contributed by atoms with Crippen molar-refractivity contribution in [2.45, 2.75) is 51.2 Å². The molecule has 2 aliphatic heterocycles. The van der Waals surface area contributed by atoms with E-state index in [1.165, 1.54) is 12.7 Å². The number of rotatable bonds is 8. The first-order chi connectivity index (χ1) is 16.5. The smallest absolute Gasteiger partial charge is 0.323 e. The molecule has 6 heteroatoms. The van der Waals surface area contributed by atoms with E-state index < -0.39 is 0 Å². The van der Waals surface area contributed by atoms with Crippen LogP contribution in [0.1, 0.15) is 36.8 Å². The van der Waals surface area contributed by atoms with Crippen molar-refractivity contribution in [3.63, 3.8) is 0 Å². The lowest BCUT2D eigenvalue weighted by Crippen LogP contribution is -2.49. The van der Waals surface area contributed by atoms with Crippen LogP contribution in [0.5, 0.6) is 5.75 Å². The Labute approximate surface area is 209 Å². The van der Waals surface area contributed by atoms with Crippen LogP contribution in [0.4, 0.5) is 0 Å². The van der Waals surface area contributed by atoms with E-state index in [4.69, 9.17) is 21.1 Å². The van der Waals surface area contributed by atoms with Crippen LogP contribution in [-0.4, -0.2) is 67.7 Å². The summed E-state index contributed by atoms with van der Waals surface area (Å²) < 4.78 is 11.4. The van der Waals surface area contributed by atoms with Crippen LogP contribution in [-0.2, 0) is 16.0 Å². The van der Waals surface area contributed by atoms with Crippen LogP contribution in [0.15, 0.2) is 48.5 Å². The van der Waals surface area contributed by atoms with E-state index in [0.717, 1.165) is 74.7 Å². The van der Waals surface area contributed by atoms with Crippen molar-refractivity contribution in [3.8, 4) is 5.75 Å². The van der Waals surface area contributed by atoms with Crippen molar-refractivity contribution in [1.82, 2.24) is 9.80 Å². The van der Waals surface area contributed by atoms with Gasteiger partial charge in [0.1, 0.15) is 17.9 Å². The molecule has 0 bridgehead atoms. The number of nitrogens with zero attached hydrogens (tertiary/aromatic N) is 2. The van der Waals surface area contributed by atoms with Crippen LogP contribution in [0.3, 0.4) is 0 Å². The third-order valence-corrected chi connectivity index (χ3v) is 7.55. The van der Waals surface area contributed by atoms with Gasteiger partial charge in [0.25, 0.3) is 0 Å². The number of ether oxygens (including phenoxy) is 2. The second kappa shape index (κ2) is 12.1. The number of carbonyl (C=O) groups is 1. The van der Waals surface area contributed by atoms with Crippen molar-refractivity contribution in [2.24, 2.45) is 5.92 Å². The van der Waals surface area contributed by atoms with Crippen molar-refractivity contribution in [3.05, 3.63) is 64.7 Å². The SMILES string of the molecule is COC(=O)[C@H](Cc1ccccc1)N1CCC(CN2CCC(Oc3ccc(Cl)cc3C)CC2)CC1. The maximum absolute atomic E-state index is 12.5. The molecule has 5 nitrogen and oxygen atoms in total. The third-order valence-electron chi connectivity index (χ3n) is 7.32. The highest BCUT2D eigenvalue weighted by molar-refractivity contribution is 6.30. The number of piperidine rings is 2. The van der Waals surface area contributed by atoms with Gasteiger partial charge in [0.15, 0.2) is 0 Å². The summed E-state index contributed by atoms with van der Waals surface area (Å²) in [5, 5.41) is 0.753. The number of methoxy groups -OCH3 is 1. The number of halogens is 1. The Morgan fingerprint density at radius 2 is 1.74 bits per heavy atom. The van der Waals surface area contributed by atoms with Crippen LogP contribution in [0.25, 0.3) is 0 Å². The molecule has 2 aromatic rings. The van der Waals surface area contributed by atoms with Gasteiger partial charge in [0.05, 0.1) is 7.11 Å². The minimum Gasteiger partial charge on any atom is -0.490 e. The molecule has 0 aromatic heterocycles. The first-order valence-electron chi connectivity index (χ1n) is 12.5. The molecule has 2 fully saturated rings. The summed E-state index contributed by atoms with van der Waals surface area (Å²) >= 11 is 6.07. The number of carbonyl (C=O) groups excluding carboxylic acids is 1. The monoisotopic (exact) mass is 484 g/mol. The summed E-state index contributed by atoms with van der Waals surface area (Å²) in [6.45, 7) is 7.25. The lowest BCUT2D eigenvalue weighted by atomic mass is 9.93. The molecule has 0 aliphatic carbocycles. The average molecular weight is 485 g/mol. The van der Waals surface area contributed by atoms with Gasteiger partial charge in [0, 0.05) is 24.7 Å². The molecule has 2 aliphatic rings. The highest BCUT2D eigenvalue weighted by atomic mass is 35.5. The molecule has 2 saturated heterocycles. The van der Waals surface area contributed by atoms with E-state index in [0.29, 0.717) is 12.3 Å². The van der Waals surface area contributed by atoms with E-state index in [1.807, 2.05) is 43.3 Å². The molecule has 0 amide bonds. The predicted octanol–water partition coefficient (Wildman–Crippen LogP) is 4.99. The third kappa shape index (κ3) is 6.74. The Kier molecular flexibility index (Phi) is 8.87.